The number of carbonyl (C=O) groups excluding carboxylic acids is 3. The number of methoxy groups -OCH3 is 1. The molecule has 2 aromatic carbocycles. The highest BCUT2D eigenvalue weighted by Crippen LogP contribution is 2.58. The Morgan fingerprint density at radius 1 is 1.24 bits per heavy atom. The highest BCUT2D eigenvalue weighted by atomic mass is 35.5. The van der Waals surface area contributed by atoms with Gasteiger partial charge in [0.2, 0.25) is 0 Å². The third-order valence-corrected chi connectivity index (χ3v) is 7.06. The van der Waals surface area contributed by atoms with Gasteiger partial charge in [0.1, 0.15) is 17.0 Å². The largest absolute Gasteiger partial charge is 0.497 e. The molecular weight excluding hydrogens is 448 g/mol. The molecule has 9 heteroatoms. The van der Waals surface area contributed by atoms with E-state index < -0.39 is 41.3 Å². The number of esters is 1. The second-order valence-electron chi connectivity index (χ2n) is 8.47. The van der Waals surface area contributed by atoms with Gasteiger partial charge in [-0.2, -0.15) is 0 Å². The summed E-state index contributed by atoms with van der Waals surface area (Å²) in [7, 11) is 1.56. The number of nitrogens with zero attached hydrogens (tertiary/aromatic N) is 2. The first-order valence-electron chi connectivity index (χ1n) is 10.7. The van der Waals surface area contributed by atoms with Crippen LogP contribution in [0.4, 0.5) is 10.5 Å². The van der Waals surface area contributed by atoms with Crippen LogP contribution in [0.25, 0.3) is 0 Å². The van der Waals surface area contributed by atoms with Crippen molar-refractivity contribution >= 4 is 35.2 Å². The minimum atomic E-state index is -1.44. The summed E-state index contributed by atoms with van der Waals surface area (Å²) in [5.74, 6) is -1.17. The van der Waals surface area contributed by atoms with E-state index in [9.17, 15) is 14.4 Å². The van der Waals surface area contributed by atoms with Gasteiger partial charge in [-0.3, -0.25) is 9.59 Å². The highest BCUT2D eigenvalue weighted by molar-refractivity contribution is 6.31. The quantitative estimate of drug-likeness (QED) is 0.499. The van der Waals surface area contributed by atoms with Crippen LogP contribution in [-0.4, -0.2) is 48.7 Å². The summed E-state index contributed by atoms with van der Waals surface area (Å²) in [5.41, 5.74) is -0.361. The van der Waals surface area contributed by atoms with Crippen LogP contribution in [-0.2, 0) is 14.3 Å². The summed E-state index contributed by atoms with van der Waals surface area (Å²) < 4.78 is 16.7. The Morgan fingerprint density at radius 2 is 2.03 bits per heavy atom. The number of anilines is 1. The summed E-state index contributed by atoms with van der Waals surface area (Å²) in [5, 5.41) is 0.397. The molecule has 2 fully saturated rings. The van der Waals surface area contributed by atoms with Crippen LogP contribution in [0.3, 0.4) is 0 Å². The number of benzene rings is 2. The van der Waals surface area contributed by atoms with E-state index in [2.05, 4.69) is 0 Å². The molecule has 2 saturated heterocycles. The fourth-order valence-corrected chi connectivity index (χ4v) is 5.62. The molecule has 0 bridgehead atoms. The zero-order valence-corrected chi connectivity index (χ0v) is 19.2. The van der Waals surface area contributed by atoms with E-state index in [1.165, 1.54) is 4.90 Å². The first kappa shape index (κ1) is 21.6. The van der Waals surface area contributed by atoms with Gasteiger partial charge in [0, 0.05) is 22.6 Å². The van der Waals surface area contributed by atoms with Crippen molar-refractivity contribution in [3.63, 3.8) is 0 Å². The normalized spacial score (nSPS) is 27.6. The van der Waals surface area contributed by atoms with Crippen molar-refractivity contribution in [2.75, 3.05) is 25.2 Å². The average molecular weight is 471 g/mol. The molecule has 0 unspecified atom stereocenters. The van der Waals surface area contributed by atoms with Crippen molar-refractivity contribution in [3.05, 3.63) is 53.1 Å². The monoisotopic (exact) mass is 470 g/mol. The lowest BCUT2D eigenvalue weighted by molar-refractivity contribution is -0.154. The number of ether oxygens (including phenoxy) is 3. The summed E-state index contributed by atoms with van der Waals surface area (Å²) in [6.07, 6.45) is 0. The third kappa shape index (κ3) is 2.93. The maximum atomic E-state index is 13.9. The van der Waals surface area contributed by atoms with Crippen LogP contribution >= 0.6 is 11.6 Å². The fraction of sp³-hybridized carbons (Fsp3) is 0.375. The molecule has 5 rings (SSSR count). The Kier molecular flexibility index (Phi) is 5.01. The minimum Gasteiger partial charge on any atom is -0.497 e. The average Bonchev–Trinajstić information content (AvgIpc) is 3.18. The Balaban J connectivity index is 1.68. The fourth-order valence-electron chi connectivity index (χ4n) is 5.44. The molecule has 33 heavy (non-hydrogen) atoms. The molecule has 172 valence electrons. The predicted molar refractivity (Wildman–Crippen MR) is 119 cm³/mol. The zero-order chi connectivity index (χ0) is 23.5. The van der Waals surface area contributed by atoms with Gasteiger partial charge in [-0.05, 0) is 44.2 Å². The molecule has 3 heterocycles. The van der Waals surface area contributed by atoms with Gasteiger partial charge < -0.3 is 19.1 Å². The van der Waals surface area contributed by atoms with E-state index in [-0.39, 0.29) is 13.2 Å². The number of hydrogen-bond donors (Lipinski definition) is 0. The lowest BCUT2D eigenvalue weighted by Gasteiger charge is -2.34. The van der Waals surface area contributed by atoms with Gasteiger partial charge in [-0.15, -0.1) is 0 Å². The van der Waals surface area contributed by atoms with Crippen molar-refractivity contribution in [3.8, 4) is 11.5 Å². The molecule has 3 aliphatic rings. The molecule has 8 nitrogen and oxygen atoms in total. The lowest BCUT2D eigenvalue weighted by atomic mass is 9.77. The van der Waals surface area contributed by atoms with Crippen LogP contribution < -0.4 is 14.4 Å². The number of carbonyl (C=O) groups is 3. The number of imide groups is 1. The molecular formula is C24H23ClN2O6. The summed E-state index contributed by atoms with van der Waals surface area (Å²) in [4.78, 5) is 43.5. The van der Waals surface area contributed by atoms with Crippen LogP contribution in [0.15, 0.2) is 42.5 Å². The smallest absolute Gasteiger partial charge is 0.332 e. The maximum absolute atomic E-state index is 13.9. The first-order valence-corrected chi connectivity index (χ1v) is 11.1. The number of amides is 3. The van der Waals surface area contributed by atoms with E-state index in [4.69, 9.17) is 25.8 Å². The van der Waals surface area contributed by atoms with Crippen molar-refractivity contribution < 1.29 is 28.6 Å². The number of hydrogen-bond acceptors (Lipinski definition) is 6. The molecule has 0 saturated carbocycles. The van der Waals surface area contributed by atoms with Gasteiger partial charge in [0.05, 0.1) is 38.0 Å². The number of halogens is 1. The molecule has 2 aromatic rings. The SMILES string of the molecule is CCOC(=O)[C@@H]1[C@H]2COc3cc(OC)ccc3[C@@H]2N2C(=O)N(c3cccc(Cl)c3)C(=O)[C@@]12C. The lowest BCUT2D eigenvalue weighted by Crippen LogP contribution is -2.51. The van der Waals surface area contributed by atoms with Gasteiger partial charge >= 0.3 is 12.0 Å². The van der Waals surface area contributed by atoms with Crippen LogP contribution in [0.2, 0.25) is 5.02 Å². The molecule has 3 amide bonds. The molecule has 0 radical (unpaired) electrons. The standard InChI is InChI=1S/C24H23ClN2O6/c1-4-32-21(28)19-17-12-33-18-11-15(31-3)8-9-16(18)20(17)27-23(30)26(22(29)24(19,27)2)14-7-5-6-13(25)10-14/h5-11,17,19-20H,4,12H2,1-3H3/t17-,19+,20+,24-/m1/s1. The van der Waals surface area contributed by atoms with E-state index in [1.807, 2.05) is 6.07 Å². The van der Waals surface area contributed by atoms with Crippen molar-refractivity contribution in [1.82, 2.24) is 4.90 Å². The van der Waals surface area contributed by atoms with Crippen molar-refractivity contribution in [2.24, 2.45) is 11.8 Å². The van der Waals surface area contributed by atoms with Crippen LogP contribution in [0.1, 0.15) is 25.5 Å². The molecule has 0 aromatic heterocycles. The topological polar surface area (TPSA) is 85.4 Å². The van der Waals surface area contributed by atoms with Crippen LogP contribution in [0.5, 0.6) is 11.5 Å². The molecule has 0 spiro atoms. The first-order chi connectivity index (χ1) is 15.8. The molecule has 0 aliphatic carbocycles. The second-order valence-corrected chi connectivity index (χ2v) is 8.91. The number of fused-ring (bicyclic) bond motifs is 5. The predicted octanol–water partition coefficient (Wildman–Crippen LogP) is 3.82. The summed E-state index contributed by atoms with van der Waals surface area (Å²) >= 11 is 6.14. The van der Waals surface area contributed by atoms with Crippen molar-refractivity contribution in [2.45, 2.75) is 25.4 Å². The highest BCUT2D eigenvalue weighted by Gasteiger charge is 2.72. The Bertz CT molecular complexity index is 1170. The van der Waals surface area contributed by atoms with E-state index >= 15 is 0 Å². The maximum Gasteiger partial charge on any atom is 0.332 e. The molecule has 4 atom stereocenters. The second kappa shape index (κ2) is 7.66. The van der Waals surface area contributed by atoms with Crippen LogP contribution in [0, 0.1) is 11.8 Å². The minimum absolute atomic E-state index is 0.164. The summed E-state index contributed by atoms with van der Waals surface area (Å²) in [6, 6.07) is 10.8. The Labute approximate surface area is 195 Å². The summed E-state index contributed by atoms with van der Waals surface area (Å²) in [6.45, 7) is 3.68. The van der Waals surface area contributed by atoms with Crippen molar-refractivity contribution in [1.29, 1.82) is 0 Å². The third-order valence-electron chi connectivity index (χ3n) is 6.83. The van der Waals surface area contributed by atoms with Gasteiger partial charge in [0.25, 0.3) is 5.91 Å². The Hall–Kier alpha value is -3.26. The number of urea groups is 1. The van der Waals surface area contributed by atoms with Gasteiger partial charge in [-0.1, -0.05) is 17.7 Å². The molecule has 0 N–H and O–H groups in total. The number of rotatable bonds is 4. The Morgan fingerprint density at radius 3 is 2.73 bits per heavy atom. The van der Waals surface area contributed by atoms with Gasteiger partial charge in [-0.25, -0.2) is 9.69 Å². The van der Waals surface area contributed by atoms with E-state index in [1.54, 1.807) is 57.4 Å². The van der Waals surface area contributed by atoms with E-state index in [0.29, 0.717) is 22.2 Å². The van der Waals surface area contributed by atoms with Gasteiger partial charge in [0.15, 0.2) is 0 Å². The molecule has 3 aliphatic heterocycles. The zero-order valence-electron chi connectivity index (χ0n) is 18.4. The van der Waals surface area contributed by atoms with E-state index in [0.717, 1.165) is 10.5 Å².